The van der Waals surface area contributed by atoms with Crippen molar-refractivity contribution >= 4 is 11.6 Å². The Balaban J connectivity index is 1.13. The third kappa shape index (κ3) is 5.01. The highest BCUT2D eigenvalue weighted by Gasteiger charge is 2.32. The van der Waals surface area contributed by atoms with Crippen LogP contribution in [0.1, 0.15) is 19.4 Å². The van der Waals surface area contributed by atoms with E-state index in [0.29, 0.717) is 34.4 Å². The summed E-state index contributed by atoms with van der Waals surface area (Å²) in [7, 11) is 0. The van der Waals surface area contributed by atoms with Crippen LogP contribution >= 0.6 is 0 Å². The molecule has 9 nitrogen and oxygen atoms in total. The molecular formula is C25H24FN5O4. The summed E-state index contributed by atoms with van der Waals surface area (Å²) in [6.45, 7) is 4.35. The third-order valence-electron chi connectivity index (χ3n) is 5.41. The Morgan fingerprint density at radius 2 is 2.00 bits per heavy atom. The Bertz CT molecular complexity index is 1390. The Hall–Kier alpha value is -4.21. The Morgan fingerprint density at radius 1 is 1.14 bits per heavy atom. The van der Waals surface area contributed by atoms with Crippen LogP contribution in [0, 0.1) is 5.82 Å². The number of nitrogens with one attached hydrogen (secondary N) is 1. The summed E-state index contributed by atoms with van der Waals surface area (Å²) in [5.74, 6) is 1.32. The smallest absolute Gasteiger partial charge is 0.258 e. The second-order valence-electron chi connectivity index (χ2n) is 8.75. The quantitative estimate of drug-likeness (QED) is 0.389. The molecule has 180 valence electrons. The number of amides is 1. The summed E-state index contributed by atoms with van der Waals surface area (Å²) in [5, 5.41) is 15.3. The maximum atomic E-state index is 13.6. The van der Waals surface area contributed by atoms with E-state index < -0.39 is 0 Å². The second kappa shape index (κ2) is 9.21. The lowest BCUT2D eigenvalue weighted by Crippen LogP contribution is -2.32. The van der Waals surface area contributed by atoms with E-state index in [4.69, 9.17) is 14.2 Å². The number of hydrogen-bond acceptors (Lipinski definition) is 7. The van der Waals surface area contributed by atoms with Gasteiger partial charge in [-0.05, 0) is 38.1 Å². The van der Waals surface area contributed by atoms with Gasteiger partial charge in [0.1, 0.15) is 18.0 Å². The van der Waals surface area contributed by atoms with E-state index in [9.17, 15) is 9.18 Å². The third-order valence-corrected chi connectivity index (χ3v) is 5.41. The number of aromatic nitrogens is 4. The number of rotatable bonds is 8. The van der Waals surface area contributed by atoms with Gasteiger partial charge in [-0.2, -0.15) is 4.52 Å². The Morgan fingerprint density at radius 3 is 2.86 bits per heavy atom. The molecule has 0 saturated carbocycles. The second-order valence-corrected chi connectivity index (χ2v) is 8.75. The van der Waals surface area contributed by atoms with Crippen LogP contribution in [0.2, 0.25) is 0 Å². The van der Waals surface area contributed by atoms with E-state index in [1.165, 1.54) is 16.6 Å². The number of carbonyl (C=O) groups excluding carboxylic acids is 1. The number of hydrogen-bond donors (Lipinski definition) is 1. The first-order chi connectivity index (χ1) is 16.9. The summed E-state index contributed by atoms with van der Waals surface area (Å²) >= 11 is 0. The Kier molecular flexibility index (Phi) is 5.94. The number of para-hydroxylation sites is 1. The fourth-order valence-electron chi connectivity index (χ4n) is 3.90. The van der Waals surface area contributed by atoms with Gasteiger partial charge >= 0.3 is 0 Å². The molecule has 0 spiro atoms. The summed E-state index contributed by atoms with van der Waals surface area (Å²) in [5.41, 5.74) is 1.83. The number of benzene rings is 2. The average molecular weight is 477 g/mol. The first-order valence-electron chi connectivity index (χ1n) is 11.2. The minimum Gasteiger partial charge on any atom is -0.483 e. The zero-order valence-electron chi connectivity index (χ0n) is 19.3. The van der Waals surface area contributed by atoms with Gasteiger partial charge in [0.05, 0.1) is 6.54 Å². The van der Waals surface area contributed by atoms with Crippen molar-refractivity contribution in [1.29, 1.82) is 0 Å². The van der Waals surface area contributed by atoms with Crippen molar-refractivity contribution < 1.29 is 23.4 Å². The van der Waals surface area contributed by atoms with Crippen LogP contribution in [0.3, 0.4) is 0 Å². The summed E-state index contributed by atoms with van der Waals surface area (Å²) in [6.07, 6.45) is 0.793. The highest BCUT2D eigenvalue weighted by atomic mass is 19.1. The summed E-state index contributed by atoms with van der Waals surface area (Å²) in [4.78, 5) is 12.2. The number of nitrogens with zero attached hydrogens (tertiary/aromatic N) is 4. The molecule has 0 aliphatic carbocycles. The maximum absolute atomic E-state index is 13.6. The van der Waals surface area contributed by atoms with Gasteiger partial charge in [-0.1, -0.05) is 24.3 Å². The molecule has 0 atom stereocenters. The molecule has 4 aromatic rings. The van der Waals surface area contributed by atoms with Gasteiger partial charge < -0.3 is 19.5 Å². The molecule has 0 saturated heterocycles. The molecule has 2 aromatic heterocycles. The molecule has 3 heterocycles. The molecule has 1 N–H and O–H groups in total. The van der Waals surface area contributed by atoms with Gasteiger partial charge in [0.2, 0.25) is 5.88 Å². The molecule has 1 amide bonds. The van der Waals surface area contributed by atoms with Crippen LogP contribution < -0.4 is 19.5 Å². The zero-order valence-corrected chi connectivity index (χ0v) is 19.3. The van der Waals surface area contributed by atoms with Gasteiger partial charge in [0.15, 0.2) is 29.6 Å². The number of ether oxygens (including phenoxy) is 3. The van der Waals surface area contributed by atoms with Crippen LogP contribution in [0.25, 0.3) is 17.0 Å². The van der Waals surface area contributed by atoms with E-state index in [1.54, 1.807) is 30.3 Å². The van der Waals surface area contributed by atoms with E-state index in [2.05, 4.69) is 20.6 Å². The molecule has 2 aromatic carbocycles. The van der Waals surface area contributed by atoms with Crippen molar-refractivity contribution in [3.05, 3.63) is 66.0 Å². The highest BCUT2D eigenvalue weighted by Crippen LogP contribution is 2.41. The largest absolute Gasteiger partial charge is 0.483 e. The van der Waals surface area contributed by atoms with E-state index in [0.717, 1.165) is 12.0 Å². The van der Waals surface area contributed by atoms with E-state index in [-0.39, 0.29) is 37.1 Å². The van der Waals surface area contributed by atoms with Crippen molar-refractivity contribution in [2.24, 2.45) is 0 Å². The number of fused-ring (bicyclic) bond motifs is 2. The molecule has 1 aliphatic heterocycles. The predicted octanol–water partition coefficient (Wildman–Crippen LogP) is 3.22. The van der Waals surface area contributed by atoms with Gasteiger partial charge in [0.25, 0.3) is 5.91 Å². The van der Waals surface area contributed by atoms with Crippen LogP contribution in [0.5, 0.6) is 17.4 Å². The number of halogens is 1. The molecule has 0 bridgehead atoms. The summed E-state index contributed by atoms with van der Waals surface area (Å²) in [6, 6.07) is 15.1. The van der Waals surface area contributed by atoms with Crippen LogP contribution in [0.4, 0.5) is 4.39 Å². The lowest BCUT2D eigenvalue weighted by atomic mass is 10.0. The fraction of sp³-hybridized carbons (Fsp3) is 0.280. The molecule has 5 rings (SSSR count). The zero-order chi connectivity index (χ0) is 24.4. The first kappa shape index (κ1) is 22.6. The minimum atomic E-state index is -0.376. The topological polar surface area (TPSA) is 99.9 Å². The lowest BCUT2D eigenvalue weighted by Gasteiger charge is -2.18. The van der Waals surface area contributed by atoms with E-state index >= 15 is 0 Å². The molecule has 1 aliphatic rings. The van der Waals surface area contributed by atoms with Crippen LogP contribution in [-0.2, 0) is 11.2 Å². The standard InChI is InChI=1S/C25H24FN5O4/c1-25(2)14-17-6-4-8-19(23(17)35-25)34-15-21(32)27-11-12-33-22-10-9-20-28-29-24(31(20)30-22)16-5-3-7-18(26)13-16/h3-10,13H,11-12,14-15H2,1-2H3,(H,27,32). The van der Waals surface area contributed by atoms with Gasteiger partial charge in [-0.15, -0.1) is 15.3 Å². The summed E-state index contributed by atoms with van der Waals surface area (Å²) < 4.78 is 32.4. The molecule has 35 heavy (non-hydrogen) atoms. The molecule has 0 fully saturated rings. The number of carbonyl (C=O) groups is 1. The average Bonchev–Trinajstić information content (AvgIpc) is 3.39. The van der Waals surface area contributed by atoms with Crippen LogP contribution in [-0.4, -0.2) is 51.1 Å². The lowest BCUT2D eigenvalue weighted by molar-refractivity contribution is -0.123. The highest BCUT2D eigenvalue weighted by molar-refractivity contribution is 5.77. The minimum absolute atomic E-state index is 0.137. The molecular weight excluding hydrogens is 453 g/mol. The molecule has 0 unspecified atom stereocenters. The van der Waals surface area contributed by atoms with Crippen LogP contribution in [0.15, 0.2) is 54.6 Å². The molecule has 0 radical (unpaired) electrons. The first-order valence-corrected chi connectivity index (χ1v) is 11.2. The van der Waals surface area contributed by atoms with Gasteiger partial charge in [-0.25, -0.2) is 4.39 Å². The monoisotopic (exact) mass is 477 g/mol. The van der Waals surface area contributed by atoms with E-state index in [1.807, 2.05) is 26.0 Å². The Labute approximate surface area is 200 Å². The van der Waals surface area contributed by atoms with Crippen molar-refractivity contribution in [1.82, 2.24) is 25.1 Å². The van der Waals surface area contributed by atoms with Crippen molar-refractivity contribution in [3.8, 4) is 28.8 Å². The van der Waals surface area contributed by atoms with Crippen molar-refractivity contribution in [3.63, 3.8) is 0 Å². The van der Waals surface area contributed by atoms with Crippen molar-refractivity contribution in [2.45, 2.75) is 25.9 Å². The fourth-order valence-corrected chi connectivity index (χ4v) is 3.90. The molecule has 10 heteroatoms. The maximum Gasteiger partial charge on any atom is 0.258 e. The predicted molar refractivity (Wildman–Crippen MR) is 125 cm³/mol. The normalized spacial score (nSPS) is 13.8. The van der Waals surface area contributed by atoms with Crippen molar-refractivity contribution in [2.75, 3.05) is 19.8 Å². The SMILES string of the molecule is CC1(C)Cc2cccc(OCC(=O)NCCOc3ccc4nnc(-c5cccc(F)c5)n4n3)c2O1. The van der Waals surface area contributed by atoms with Gasteiger partial charge in [0, 0.05) is 23.6 Å². The van der Waals surface area contributed by atoms with Gasteiger partial charge in [-0.3, -0.25) is 4.79 Å².